The fraction of sp³-hybridized carbons (Fsp3) is 0.464. The van der Waals surface area contributed by atoms with Crippen LogP contribution in [0.25, 0.3) is 22.3 Å². The van der Waals surface area contributed by atoms with Gasteiger partial charge in [0.2, 0.25) is 17.5 Å². The van der Waals surface area contributed by atoms with E-state index in [1.54, 1.807) is 0 Å². The highest BCUT2D eigenvalue weighted by atomic mass is 16.7. The van der Waals surface area contributed by atoms with Crippen molar-refractivity contribution in [2.24, 2.45) is 0 Å². The second kappa shape index (κ2) is 12.4. The molecule has 3 aromatic rings. The van der Waals surface area contributed by atoms with Crippen molar-refractivity contribution in [1.82, 2.24) is 0 Å². The van der Waals surface area contributed by atoms with E-state index in [0.717, 1.165) is 18.2 Å². The number of hydrogen-bond donors (Lipinski definition) is 9. The Labute approximate surface area is 248 Å². The number of aromatic hydroxyl groups is 3. The summed E-state index contributed by atoms with van der Waals surface area (Å²) < 4.78 is 33.2. The number of aliphatic hydroxyl groups excluding tert-OH is 6. The van der Waals surface area contributed by atoms with Crippen molar-refractivity contribution < 1.29 is 74.1 Å². The van der Waals surface area contributed by atoms with E-state index >= 15 is 0 Å². The summed E-state index contributed by atoms with van der Waals surface area (Å²) in [6, 6.07) is 5.90. The molecule has 5 rings (SSSR count). The highest BCUT2D eigenvalue weighted by Gasteiger charge is 2.47. The van der Waals surface area contributed by atoms with Crippen molar-refractivity contribution in [2.45, 2.75) is 68.3 Å². The molecule has 0 saturated carbocycles. The third-order valence-corrected chi connectivity index (χ3v) is 7.52. The molecule has 2 saturated heterocycles. The fourth-order valence-corrected chi connectivity index (χ4v) is 4.95. The van der Waals surface area contributed by atoms with Crippen LogP contribution in [0.1, 0.15) is 6.92 Å². The summed E-state index contributed by atoms with van der Waals surface area (Å²) in [7, 11) is 1.32. The molecule has 0 amide bonds. The Hall–Kier alpha value is -3.71. The third kappa shape index (κ3) is 5.74. The van der Waals surface area contributed by atoms with Crippen LogP contribution < -0.4 is 14.9 Å². The fourth-order valence-electron chi connectivity index (χ4n) is 4.95. The van der Waals surface area contributed by atoms with Crippen LogP contribution >= 0.6 is 0 Å². The zero-order valence-corrected chi connectivity index (χ0v) is 23.3. The molecule has 16 nitrogen and oxygen atoms in total. The summed E-state index contributed by atoms with van der Waals surface area (Å²) in [6.07, 6.45) is -16.0. The number of phenols is 3. The van der Waals surface area contributed by atoms with Gasteiger partial charge in [0.25, 0.3) is 0 Å². The molecule has 2 fully saturated rings. The van der Waals surface area contributed by atoms with E-state index in [0.29, 0.717) is 0 Å². The lowest BCUT2D eigenvalue weighted by atomic mass is 9.98. The van der Waals surface area contributed by atoms with Crippen LogP contribution in [-0.2, 0) is 14.2 Å². The Morgan fingerprint density at radius 3 is 2.14 bits per heavy atom. The molecular weight excluding hydrogens is 592 g/mol. The molecule has 2 aromatic carbocycles. The molecule has 1 aromatic heterocycles. The van der Waals surface area contributed by atoms with Crippen LogP contribution in [0, 0.1) is 0 Å². The number of ether oxygens (including phenoxy) is 5. The maximum Gasteiger partial charge on any atom is 0.239 e. The van der Waals surface area contributed by atoms with Crippen LogP contribution in [0.4, 0.5) is 0 Å². The van der Waals surface area contributed by atoms with Crippen molar-refractivity contribution in [3.63, 3.8) is 0 Å². The quantitative estimate of drug-likeness (QED) is 0.137. The molecule has 3 heterocycles. The summed E-state index contributed by atoms with van der Waals surface area (Å²) in [5.41, 5.74) is -1.10. The lowest BCUT2D eigenvalue weighted by molar-refractivity contribution is -0.318. The van der Waals surface area contributed by atoms with Crippen LogP contribution in [0.5, 0.6) is 28.7 Å². The molecule has 0 radical (unpaired) electrons. The average molecular weight is 625 g/mol. The second-order valence-electron chi connectivity index (χ2n) is 10.5. The van der Waals surface area contributed by atoms with Gasteiger partial charge in [-0.2, -0.15) is 0 Å². The van der Waals surface area contributed by atoms with Crippen LogP contribution in [0.2, 0.25) is 0 Å². The predicted molar refractivity (Wildman–Crippen MR) is 145 cm³/mol. The SMILES string of the molecule is COc1cc(O)c2c(=O)c(O[C@H]3O[C@@H](CO[C@H]4O[C@@H](C)[C@@H](O)[C@H](O)[C@@H]4O)[C@@H](O)[C@@H](O)[C@@H]3O)c(-c3ccc(O)c(O)c3)oc2c1. The van der Waals surface area contributed by atoms with E-state index in [2.05, 4.69) is 0 Å². The lowest BCUT2D eigenvalue weighted by Gasteiger charge is -2.42. The van der Waals surface area contributed by atoms with Crippen molar-refractivity contribution in [3.05, 3.63) is 40.6 Å². The monoisotopic (exact) mass is 624 g/mol. The largest absolute Gasteiger partial charge is 0.507 e. The Balaban J connectivity index is 1.49. The number of hydrogen-bond acceptors (Lipinski definition) is 16. The van der Waals surface area contributed by atoms with Gasteiger partial charge in [0.1, 0.15) is 65.2 Å². The number of benzene rings is 2. The zero-order chi connectivity index (χ0) is 32.0. The molecule has 9 N–H and O–H groups in total. The predicted octanol–water partition coefficient (Wildman–Crippen LogP) is -1.38. The van der Waals surface area contributed by atoms with Gasteiger partial charge >= 0.3 is 0 Å². The number of methoxy groups -OCH3 is 1. The molecule has 16 heteroatoms. The molecule has 0 spiro atoms. The topological polar surface area (TPSA) is 258 Å². The summed E-state index contributed by atoms with van der Waals surface area (Å²) in [5.74, 6) is -2.44. The Morgan fingerprint density at radius 2 is 1.45 bits per heavy atom. The number of fused-ring (bicyclic) bond motifs is 1. The van der Waals surface area contributed by atoms with Gasteiger partial charge in [-0.1, -0.05) is 0 Å². The zero-order valence-electron chi connectivity index (χ0n) is 23.3. The van der Waals surface area contributed by atoms with Gasteiger partial charge in [-0.25, -0.2) is 0 Å². The minimum absolute atomic E-state index is 0.0145. The van der Waals surface area contributed by atoms with Gasteiger partial charge in [0.05, 0.1) is 19.8 Å². The Bertz CT molecular complexity index is 1560. The van der Waals surface area contributed by atoms with Crippen LogP contribution in [0.3, 0.4) is 0 Å². The number of rotatable bonds is 7. The minimum Gasteiger partial charge on any atom is -0.507 e. The Morgan fingerprint density at radius 1 is 0.773 bits per heavy atom. The van der Waals surface area contributed by atoms with E-state index in [9.17, 15) is 50.8 Å². The molecule has 0 unspecified atom stereocenters. The molecule has 10 atom stereocenters. The first-order valence-corrected chi connectivity index (χ1v) is 13.4. The Kier molecular flexibility index (Phi) is 8.90. The van der Waals surface area contributed by atoms with Gasteiger partial charge < -0.3 is 74.1 Å². The average Bonchev–Trinajstić information content (AvgIpc) is 3.00. The maximum absolute atomic E-state index is 13.7. The number of aliphatic hydroxyl groups is 6. The second-order valence-corrected chi connectivity index (χ2v) is 10.5. The van der Waals surface area contributed by atoms with Crippen LogP contribution in [-0.4, -0.2) is 121 Å². The summed E-state index contributed by atoms with van der Waals surface area (Å²) in [6.45, 7) is 0.841. The molecule has 0 aliphatic carbocycles. The molecule has 0 bridgehead atoms. The van der Waals surface area contributed by atoms with E-state index in [1.165, 1.54) is 26.2 Å². The molecule has 2 aliphatic heterocycles. The molecule has 44 heavy (non-hydrogen) atoms. The first-order valence-electron chi connectivity index (χ1n) is 13.4. The highest BCUT2D eigenvalue weighted by Crippen LogP contribution is 2.39. The van der Waals surface area contributed by atoms with Crippen LogP contribution in [0.15, 0.2) is 39.5 Å². The summed E-state index contributed by atoms with van der Waals surface area (Å²) in [5, 5.41) is 92.1. The normalized spacial score (nSPS) is 32.5. The smallest absolute Gasteiger partial charge is 0.239 e. The lowest BCUT2D eigenvalue weighted by Crippen LogP contribution is -2.61. The molecule has 2 aliphatic rings. The first kappa shape index (κ1) is 31.7. The van der Waals surface area contributed by atoms with Gasteiger partial charge in [0, 0.05) is 17.7 Å². The van der Waals surface area contributed by atoms with Crippen molar-refractivity contribution in [2.75, 3.05) is 13.7 Å². The summed E-state index contributed by atoms with van der Waals surface area (Å²) >= 11 is 0. The van der Waals surface area contributed by atoms with Gasteiger partial charge in [0.15, 0.2) is 23.5 Å². The van der Waals surface area contributed by atoms with Gasteiger partial charge in [-0.3, -0.25) is 4.79 Å². The minimum atomic E-state index is -1.95. The van der Waals surface area contributed by atoms with E-state index in [-0.39, 0.29) is 28.0 Å². The van der Waals surface area contributed by atoms with E-state index in [1.807, 2.05) is 0 Å². The van der Waals surface area contributed by atoms with Gasteiger partial charge in [-0.05, 0) is 25.1 Å². The summed E-state index contributed by atoms with van der Waals surface area (Å²) in [4.78, 5) is 13.7. The van der Waals surface area contributed by atoms with Crippen molar-refractivity contribution in [3.8, 4) is 40.1 Å². The first-order chi connectivity index (χ1) is 20.8. The van der Waals surface area contributed by atoms with Gasteiger partial charge in [-0.15, -0.1) is 0 Å². The van der Waals surface area contributed by atoms with E-state index < -0.39 is 96.4 Å². The van der Waals surface area contributed by atoms with Crippen molar-refractivity contribution >= 4 is 11.0 Å². The molecule has 240 valence electrons. The third-order valence-electron chi connectivity index (χ3n) is 7.52. The standard InChI is InChI=1S/C28H32O16/c1-9-18(32)21(35)23(37)27(41-9)40-8-16-19(33)22(36)24(38)28(43-16)44-26-20(34)17-14(31)6-11(39-2)7-15(17)42-25(26)10-3-4-12(29)13(30)5-10/h3-7,9,16,18-19,21-24,27-33,35-38H,8H2,1-2H3/t9-,16-,18+,19+,21-,22+,23-,24-,27-,28+/m0/s1. The van der Waals surface area contributed by atoms with Crippen molar-refractivity contribution in [1.29, 1.82) is 0 Å². The van der Waals surface area contributed by atoms with E-state index in [4.69, 9.17) is 28.1 Å². The maximum atomic E-state index is 13.7. The molecular formula is C28H32O16. The highest BCUT2D eigenvalue weighted by molar-refractivity contribution is 5.88. The number of phenolic OH excluding ortho intramolecular Hbond substituents is 3.